The predicted octanol–water partition coefficient (Wildman–Crippen LogP) is 3.21. The molecule has 1 fully saturated rings. The van der Waals surface area contributed by atoms with Crippen molar-refractivity contribution in [2.45, 2.75) is 18.3 Å². The average Bonchev–Trinajstić information content (AvgIpc) is 3.08. The molecule has 11 heteroatoms. The van der Waals surface area contributed by atoms with Crippen molar-refractivity contribution >= 4 is 23.6 Å². The lowest BCUT2D eigenvalue weighted by Gasteiger charge is -2.21. The zero-order chi connectivity index (χ0) is 20.5. The Morgan fingerprint density at radius 1 is 1.32 bits per heavy atom. The molecule has 0 unspecified atom stereocenters. The number of nitrogens with zero attached hydrogens (tertiary/aromatic N) is 1. The normalized spacial score (nSPS) is 17.6. The molecule has 0 aliphatic carbocycles. The maximum atomic E-state index is 13.5. The van der Waals surface area contributed by atoms with Gasteiger partial charge in [-0.3, -0.25) is 4.79 Å². The lowest BCUT2D eigenvalue weighted by atomic mass is 10.0. The van der Waals surface area contributed by atoms with Gasteiger partial charge in [0.05, 0.1) is 23.3 Å². The molecule has 6 nitrogen and oxygen atoms in total. The number of alkyl carbamates (subject to hydrolysis) is 1. The fourth-order valence-corrected chi connectivity index (χ4v) is 2.75. The summed E-state index contributed by atoms with van der Waals surface area (Å²) in [5.74, 6) is -1.50. The Bertz CT molecular complexity index is 923. The number of amides is 2. The molecular weight excluding hydrogens is 406 g/mol. The lowest BCUT2D eigenvalue weighted by molar-refractivity contribution is -0.141. The van der Waals surface area contributed by atoms with Crippen LogP contribution in [0.25, 0.3) is 0 Å². The summed E-state index contributed by atoms with van der Waals surface area (Å²) in [4.78, 5) is 27.1. The van der Waals surface area contributed by atoms with E-state index in [1.807, 2.05) is 0 Å². The summed E-state index contributed by atoms with van der Waals surface area (Å²) < 4.78 is 57.3. The van der Waals surface area contributed by atoms with Gasteiger partial charge in [-0.15, -0.1) is 0 Å². The maximum Gasteiger partial charge on any atom is 0.433 e. The van der Waals surface area contributed by atoms with Crippen molar-refractivity contribution in [1.82, 2.24) is 15.6 Å². The van der Waals surface area contributed by atoms with Gasteiger partial charge in [0.25, 0.3) is 5.91 Å². The number of hydrogen-bond donors (Lipinski definition) is 2. The molecule has 1 aliphatic heterocycles. The minimum Gasteiger partial charge on any atom is -0.434 e. The number of nitrogens with one attached hydrogen (secondary N) is 2. The summed E-state index contributed by atoms with van der Waals surface area (Å²) in [5, 5.41) is 4.48. The SMILES string of the molecule is O=C1NC[C@@H](C(=O)N[C@H](c2ccc(F)c(Cl)c2)c2cccc(C(F)(F)F)n2)O1. The molecule has 2 atom stereocenters. The summed E-state index contributed by atoms with van der Waals surface area (Å²) in [7, 11) is 0. The molecule has 0 saturated carbocycles. The highest BCUT2D eigenvalue weighted by atomic mass is 35.5. The van der Waals surface area contributed by atoms with Gasteiger partial charge in [0.2, 0.25) is 0 Å². The molecule has 148 valence electrons. The highest BCUT2D eigenvalue weighted by molar-refractivity contribution is 6.30. The van der Waals surface area contributed by atoms with Gasteiger partial charge in [-0.2, -0.15) is 13.2 Å². The van der Waals surface area contributed by atoms with Crippen LogP contribution in [0.3, 0.4) is 0 Å². The Hall–Kier alpha value is -2.88. The van der Waals surface area contributed by atoms with Crippen LogP contribution in [0.15, 0.2) is 36.4 Å². The molecule has 1 aromatic heterocycles. The summed E-state index contributed by atoms with van der Waals surface area (Å²) in [6, 6.07) is 5.44. The third kappa shape index (κ3) is 4.33. The van der Waals surface area contributed by atoms with E-state index in [2.05, 4.69) is 15.6 Å². The van der Waals surface area contributed by atoms with Gasteiger partial charge in [-0.05, 0) is 29.8 Å². The largest absolute Gasteiger partial charge is 0.434 e. The Morgan fingerprint density at radius 2 is 2.07 bits per heavy atom. The highest BCUT2D eigenvalue weighted by Gasteiger charge is 2.35. The number of carbonyl (C=O) groups is 2. The van der Waals surface area contributed by atoms with Gasteiger partial charge < -0.3 is 15.4 Å². The van der Waals surface area contributed by atoms with E-state index in [1.165, 1.54) is 18.2 Å². The second-order valence-corrected chi connectivity index (χ2v) is 6.24. The number of pyridine rings is 1. The third-order valence-corrected chi connectivity index (χ3v) is 4.18. The molecule has 2 aromatic rings. The number of carbonyl (C=O) groups excluding carboxylic acids is 2. The van der Waals surface area contributed by atoms with E-state index in [4.69, 9.17) is 16.3 Å². The van der Waals surface area contributed by atoms with Gasteiger partial charge in [0, 0.05) is 0 Å². The van der Waals surface area contributed by atoms with Crippen molar-refractivity contribution in [3.05, 3.63) is 64.2 Å². The second kappa shape index (κ2) is 7.63. The number of benzene rings is 1. The molecule has 2 N–H and O–H groups in total. The Balaban J connectivity index is 1.98. The van der Waals surface area contributed by atoms with Crippen LogP contribution in [0.1, 0.15) is 23.0 Å². The quantitative estimate of drug-likeness (QED) is 0.749. The predicted molar refractivity (Wildman–Crippen MR) is 88.9 cm³/mol. The van der Waals surface area contributed by atoms with E-state index in [0.29, 0.717) is 0 Å². The molecule has 0 spiro atoms. The van der Waals surface area contributed by atoms with E-state index in [-0.39, 0.29) is 22.8 Å². The molecule has 28 heavy (non-hydrogen) atoms. The van der Waals surface area contributed by atoms with Crippen LogP contribution in [0.4, 0.5) is 22.4 Å². The zero-order valence-electron chi connectivity index (χ0n) is 13.9. The lowest BCUT2D eigenvalue weighted by Crippen LogP contribution is -2.39. The fraction of sp³-hybridized carbons (Fsp3) is 0.235. The Kier molecular flexibility index (Phi) is 5.41. The smallest absolute Gasteiger partial charge is 0.433 e. The number of ether oxygens (including phenoxy) is 1. The first-order valence-electron chi connectivity index (χ1n) is 7.89. The second-order valence-electron chi connectivity index (χ2n) is 5.84. The van der Waals surface area contributed by atoms with Crippen LogP contribution in [0, 0.1) is 5.82 Å². The molecule has 1 aliphatic rings. The van der Waals surface area contributed by atoms with Crippen LogP contribution >= 0.6 is 11.6 Å². The standard InChI is InChI=1S/C17H12ClF4N3O3/c18-9-6-8(4-5-10(9)19)14(25-15(26)12-7-23-16(27)28-12)11-2-1-3-13(24-11)17(20,21)22/h1-6,12,14H,7H2,(H,23,27)(H,25,26)/t12-,14+/m0/s1. The Morgan fingerprint density at radius 3 is 2.68 bits per heavy atom. The molecule has 1 saturated heterocycles. The minimum absolute atomic E-state index is 0.0996. The van der Waals surface area contributed by atoms with Crippen LogP contribution in [0.5, 0.6) is 0 Å². The number of halogens is 5. The van der Waals surface area contributed by atoms with E-state index in [0.717, 1.165) is 18.2 Å². The number of cyclic esters (lactones) is 1. The first kappa shape index (κ1) is 19.9. The summed E-state index contributed by atoms with van der Waals surface area (Å²) in [6.07, 6.45) is -6.66. The molecular formula is C17H12ClF4N3O3. The van der Waals surface area contributed by atoms with Crippen LogP contribution < -0.4 is 10.6 Å². The Labute approximate surface area is 160 Å². The first-order valence-corrected chi connectivity index (χ1v) is 8.27. The molecule has 2 heterocycles. The van der Waals surface area contributed by atoms with Crippen LogP contribution in [-0.2, 0) is 15.7 Å². The molecule has 2 amide bonds. The highest BCUT2D eigenvalue weighted by Crippen LogP contribution is 2.30. The van der Waals surface area contributed by atoms with Crippen molar-refractivity contribution < 1.29 is 31.9 Å². The van der Waals surface area contributed by atoms with Gasteiger partial charge in [0.1, 0.15) is 11.5 Å². The number of hydrogen-bond acceptors (Lipinski definition) is 4. The minimum atomic E-state index is -4.70. The van der Waals surface area contributed by atoms with Crippen molar-refractivity contribution in [1.29, 1.82) is 0 Å². The molecule has 0 radical (unpaired) electrons. The average molecular weight is 418 g/mol. The van der Waals surface area contributed by atoms with E-state index < -0.39 is 41.8 Å². The third-order valence-electron chi connectivity index (χ3n) is 3.89. The van der Waals surface area contributed by atoms with E-state index in [1.54, 1.807) is 0 Å². The monoisotopic (exact) mass is 417 g/mol. The van der Waals surface area contributed by atoms with Crippen molar-refractivity contribution in [2.75, 3.05) is 6.54 Å². The first-order chi connectivity index (χ1) is 13.1. The van der Waals surface area contributed by atoms with Crippen LogP contribution in [-0.4, -0.2) is 29.6 Å². The van der Waals surface area contributed by atoms with Gasteiger partial charge in [-0.1, -0.05) is 23.7 Å². The van der Waals surface area contributed by atoms with E-state index >= 15 is 0 Å². The maximum absolute atomic E-state index is 13.5. The summed E-state index contributed by atoms with van der Waals surface area (Å²) >= 11 is 5.76. The molecule has 0 bridgehead atoms. The summed E-state index contributed by atoms with van der Waals surface area (Å²) in [5.41, 5.74) is -1.11. The number of rotatable bonds is 4. The summed E-state index contributed by atoms with van der Waals surface area (Å²) in [6.45, 7) is -0.0996. The van der Waals surface area contributed by atoms with Crippen molar-refractivity contribution in [3.8, 4) is 0 Å². The molecule has 1 aromatic carbocycles. The van der Waals surface area contributed by atoms with Crippen molar-refractivity contribution in [3.63, 3.8) is 0 Å². The van der Waals surface area contributed by atoms with Crippen molar-refractivity contribution in [2.24, 2.45) is 0 Å². The zero-order valence-corrected chi connectivity index (χ0v) is 14.6. The van der Waals surface area contributed by atoms with E-state index in [9.17, 15) is 27.2 Å². The number of alkyl halides is 3. The van der Waals surface area contributed by atoms with Gasteiger partial charge in [-0.25, -0.2) is 14.2 Å². The molecule has 3 rings (SSSR count). The van der Waals surface area contributed by atoms with Crippen LogP contribution in [0.2, 0.25) is 5.02 Å². The number of aromatic nitrogens is 1. The van der Waals surface area contributed by atoms with Gasteiger partial charge >= 0.3 is 12.3 Å². The fourth-order valence-electron chi connectivity index (χ4n) is 2.56. The topological polar surface area (TPSA) is 80.3 Å². The van der Waals surface area contributed by atoms with Gasteiger partial charge in [0.15, 0.2) is 6.10 Å².